The minimum Gasteiger partial charge on any atom is -0.492 e. The van der Waals surface area contributed by atoms with Gasteiger partial charge in [0.05, 0.1) is 0 Å². The summed E-state index contributed by atoms with van der Waals surface area (Å²) in [6, 6.07) is 0.586. The average molecular weight is 511 g/mol. The Morgan fingerprint density at radius 2 is 0.938 bits per heavy atom. The molecule has 0 spiro atoms. The molecule has 0 unspecified atom stereocenters. The van der Waals surface area contributed by atoms with Crippen LogP contribution in [-0.2, 0) is 4.79 Å². The van der Waals surface area contributed by atoms with Gasteiger partial charge in [0.1, 0.15) is 0 Å². The van der Waals surface area contributed by atoms with Gasteiger partial charge in [0.25, 0.3) is 0 Å². The molecule has 1 heterocycles. The van der Waals surface area contributed by atoms with Crippen LogP contribution in [0.1, 0.15) is 0 Å². The smallest absolute Gasteiger partial charge is 0.460 e. The van der Waals surface area contributed by atoms with Gasteiger partial charge in [-0.15, -0.1) is 4.73 Å². The Labute approximate surface area is 163 Å². The molecular weight excluding hydrogens is 507 g/mol. The van der Waals surface area contributed by atoms with Crippen molar-refractivity contribution in [3.8, 4) is 11.8 Å². The first-order chi connectivity index (χ1) is 13.8. The lowest BCUT2D eigenvalue weighted by atomic mass is 9.91. The lowest BCUT2D eigenvalue weighted by molar-refractivity contribution is -0.450. The summed E-state index contributed by atoms with van der Waals surface area (Å²) in [6.07, 6.45) is -7.75. The summed E-state index contributed by atoms with van der Waals surface area (Å²) < 4.78 is 194. The maximum atomic E-state index is 13.5. The van der Waals surface area contributed by atoms with E-state index in [1.54, 1.807) is 0 Å². The van der Waals surface area contributed by atoms with Gasteiger partial charge in [-0.3, -0.25) is 0 Å². The van der Waals surface area contributed by atoms with Crippen LogP contribution >= 0.6 is 0 Å². The molecule has 0 saturated heterocycles. The molecule has 0 aromatic carbocycles. The minimum absolute atomic E-state index is 0.293. The highest BCUT2D eigenvalue weighted by Crippen LogP contribution is 2.62. The fourth-order valence-electron chi connectivity index (χ4n) is 1.73. The third-order valence-corrected chi connectivity index (χ3v) is 3.56. The van der Waals surface area contributed by atoms with Crippen LogP contribution < -0.4 is 4.84 Å². The highest BCUT2D eigenvalue weighted by atomic mass is 19.4. The van der Waals surface area contributed by atoms with E-state index in [1.165, 1.54) is 0 Å². The summed E-state index contributed by atoms with van der Waals surface area (Å²) in [7, 11) is 0. The molecule has 1 aromatic heterocycles. The molecule has 0 saturated carbocycles. The lowest BCUT2D eigenvalue weighted by Gasteiger charge is -2.40. The van der Waals surface area contributed by atoms with E-state index in [4.69, 9.17) is 10.2 Å². The summed E-state index contributed by atoms with van der Waals surface area (Å²) >= 11 is 0. The average Bonchev–Trinajstić information content (AvgIpc) is 2.91. The van der Waals surface area contributed by atoms with Crippen LogP contribution in [0, 0.1) is 0 Å². The normalized spacial score (nSPS) is 15.1. The van der Waals surface area contributed by atoms with E-state index in [9.17, 15) is 70.7 Å². The van der Waals surface area contributed by atoms with Crippen LogP contribution in [0.2, 0.25) is 0 Å². The molecule has 20 heteroatoms. The van der Waals surface area contributed by atoms with Gasteiger partial charge in [0, 0.05) is 12.1 Å². The number of rotatable bonds is 7. The first-order valence-corrected chi connectivity index (χ1v) is 6.98. The van der Waals surface area contributed by atoms with Gasteiger partial charge in [-0.2, -0.15) is 65.9 Å². The Hall–Kier alpha value is -2.70. The second-order valence-corrected chi connectivity index (χ2v) is 5.67. The highest BCUT2D eigenvalue weighted by molar-refractivity contribution is 5.79. The fraction of sp³-hybridized carbons (Fsp3) is 0.583. The Balaban J connectivity index is 3.53. The van der Waals surface area contributed by atoms with Crippen LogP contribution in [0.25, 0.3) is 0 Å². The van der Waals surface area contributed by atoms with Crippen LogP contribution in [-0.4, -0.2) is 62.6 Å². The van der Waals surface area contributed by atoms with E-state index in [0.29, 0.717) is 12.1 Å². The molecule has 0 bridgehead atoms. The van der Waals surface area contributed by atoms with Gasteiger partial charge in [0.15, 0.2) is 0 Å². The molecule has 1 rings (SSSR count). The first-order valence-electron chi connectivity index (χ1n) is 6.98. The molecule has 5 nitrogen and oxygen atoms in total. The first kappa shape index (κ1) is 27.3. The molecule has 32 heavy (non-hydrogen) atoms. The monoisotopic (exact) mass is 511 g/mol. The number of nitrogens with zero attached hydrogens (tertiary/aromatic N) is 1. The van der Waals surface area contributed by atoms with Crippen molar-refractivity contribution in [2.45, 2.75) is 41.7 Å². The molecule has 186 valence electrons. The lowest BCUT2D eigenvalue weighted by Crippen LogP contribution is -2.73. The van der Waals surface area contributed by atoms with Crippen molar-refractivity contribution in [1.82, 2.24) is 4.73 Å². The van der Waals surface area contributed by atoms with E-state index >= 15 is 0 Å². The largest absolute Gasteiger partial charge is 0.492 e. The fourth-order valence-corrected chi connectivity index (χ4v) is 1.73. The number of carbonyl (C=O) groups excluding carboxylic acids is 1. The second kappa shape index (κ2) is 7.15. The summed E-state index contributed by atoms with van der Waals surface area (Å²) in [5, 5.41) is 17.9. The molecule has 0 amide bonds. The van der Waals surface area contributed by atoms with Crippen molar-refractivity contribution in [3.05, 3.63) is 12.1 Å². The quantitative estimate of drug-likeness (QED) is 0.538. The second-order valence-electron chi connectivity index (χ2n) is 5.67. The Kier molecular flexibility index (Phi) is 6.11. The Morgan fingerprint density at radius 1 is 0.625 bits per heavy atom. The van der Waals surface area contributed by atoms with E-state index in [1.807, 2.05) is 0 Å². The summed E-state index contributed by atoms with van der Waals surface area (Å²) in [5.74, 6) is -56.3. The number of hydrogen-bond acceptors (Lipinski definition) is 4. The van der Waals surface area contributed by atoms with Gasteiger partial charge >= 0.3 is 47.7 Å². The van der Waals surface area contributed by atoms with Crippen molar-refractivity contribution in [2.24, 2.45) is 0 Å². The van der Waals surface area contributed by atoms with E-state index in [0.717, 1.165) is 0 Å². The molecule has 0 aliphatic heterocycles. The van der Waals surface area contributed by atoms with Crippen LogP contribution in [0.4, 0.5) is 65.9 Å². The van der Waals surface area contributed by atoms with Crippen molar-refractivity contribution in [1.29, 1.82) is 0 Å². The SMILES string of the molecule is O=C(On1c(O)ccc1O)C(F)(F)C(F)(F)C(F)(F)C(F)(F)C(F)(F)C(F)(F)C(F)(F)F. The summed E-state index contributed by atoms with van der Waals surface area (Å²) in [4.78, 5) is 14.2. The zero-order chi connectivity index (χ0) is 25.9. The number of aromatic nitrogens is 1. The van der Waals surface area contributed by atoms with Gasteiger partial charge < -0.3 is 15.1 Å². The van der Waals surface area contributed by atoms with Crippen molar-refractivity contribution >= 4 is 5.97 Å². The van der Waals surface area contributed by atoms with Crippen LogP contribution in [0.3, 0.4) is 0 Å². The topological polar surface area (TPSA) is 71.7 Å². The van der Waals surface area contributed by atoms with Gasteiger partial charge in [-0.25, -0.2) is 4.79 Å². The standard InChI is InChI=1S/C12H4F15NO4/c13-6(14,5(31)32-28-3(29)1-2-4(28)30)7(15,16)8(17,18)9(19,20)10(21,22)11(23,24)12(25,26)27/h1-2,29-30H. The number of aromatic hydroxyl groups is 2. The zero-order valence-electron chi connectivity index (χ0n) is 14.0. The van der Waals surface area contributed by atoms with E-state index < -0.39 is 64.2 Å². The molecule has 0 aliphatic carbocycles. The maximum absolute atomic E-state index is 13.5. The van der Waals surface area contributed by atoms with E-state index in [2.05, 4.69) is 4.84 Å². The molecule has 0 atom stereocenters. The third-order valence-electron chi connectivity index (χ3n) is 3.56. The summed E-state index contributed by atoms with van der Waals surface area (Å²) in [5.41, 5.74) is 0. The minimum atomic E-state index is -8.57. The van der Waals surface area contributed by atoms with Crippen molar-refractivity contribution in [3.63, 3.8) is 0 Å². The molecular formula is C12H4F15NO4. The predicted octanol–water partition coefficient (Wildman–Crippen LogP) is 4.23. The van der Waals surface area contributed by atoms with Crippen LogP contribution in [0.15, 0.2) is 12.1 Å². The molecule has 1 aromatic rings. The number of hydrogen-bond donors (Lipinski definition) is 2. The molecule has 0 radical (unpaired) electrons. The zero-order valence-corrected chi connectivity index (χ0v) is 14.0. The number of carbonyl (C=O) groups is 1. The van der Waals surface area contributed by atoms with Gasteiger partial charge in [-0.1, -0.05) is 0 Å². The molecule has 0 fully saturated rings. The molecule has 2 N–H and O–H groups in total. The Morgan fingerprint density at radius 3 is 1.28 bits per heavy atom. The number of alkyl halides is 15. The Bertz CT molecular complexity index is 853. The summed E-state index contributed by atoms with van der Waals surface area (Å²) in [6.45, 7) is 0. The van der Waals surface area contributed by atoms with Crippen molar-refractivity contribution < 1.29 is 85.7 Å². The highest BCUT2D eigenvalue weighted by Gasteiger charge is 2.94. The van der Waals surface area contributed by atoms with Crippen molar-refractivity contribution in [2.75, 3.05) is 0 Å². The molecule has 0 aliphatic rings. The van der Waals surface area contributed by atoms with Crippen LogP contribution in [0.5, 0.6) is 11.8 Å². The van der Waals surface area contributed by atoms with Gasteiger partial charge in [-0.05, 0) is 0 Å². The predicted molar refractivity (Wildman–Crippen MR) is 65.1 cm³/mol. The maximum Gasteiger partial charge on any atom is 0.460 e. The number of halogens is 15. The van der Waals surface area contributed by atoms with Gasteiger partial charge in [0.2, 0.25) is 11.8 Å². The van der Waals surface area contributed by atoms with E-state index in [-0.39, 0.29) is 0 Å². The third kappa shape index (κ3) is 3.42.